The van der Waals surface area contributed by atoms with Gasteiger partial charge in [0.1, 0.15) is 0 Å². The Hall–Kier alpha value is -1.26. The first-order valence-corrected chi connectivity index (χ1v) is 5.60. The topological polar surface area (TPSA) is 66.4 Å². The summed E-state index contributed by atoms with van der Waals surface area (Å²) >= 11 is 11.9. The highest BCUT2D eigenvalue weighted by atomic mass is 35.5. The predicted octanol–water partition coefficient (Wildman–Crippen LogP) is 2.65. The number of nitrogens with one attached hydrogen (secondary N) is 1. The van der Waals surface area contributed by atoms with Gasteiger partial charge < -0.3 is 10.4 Å². The van der Waals surface area contributed by atoms with Crippen molar-refractivity contribution in [3.63, 3.8) is 0 Å². The molecule has 0 bridgehead atoms. The molecule has 0 aliphatic rings. The van der Waals surface area contributed by atoms with Gasteiger partial charge in [-0.1, -0.05) is 29.3 Å². The highest BCUT2D eigenvalue weighted by molar-refractivity contribution is 6.36. The number of benzene rings is 1. The summed E-state index contributed by atoms with van der Waals surface area (Å²) in [6, 6.07) is 4.12. The van der Waals surface area contributed by atoms with Crippen molar-refractivity contribution >= 4 is 35.1 Å². The van der Waals surface area contributed by atoms with Gasteiger partial charge in [0.25, 0.3) is 0 Å². The van der Waals surface area contributed by atoms with Gasteiger partial charge in [0.05, 0.1) is 12.5 Å². The normalized spacial score (nSPS) is 11.9. The Morgan fingerprint density at radius 1 is 1.35 bits per heavy atom. The Labute approximate surface area is 109 Å². The summed E-state index contributed by atoms with van der Waals surface area (Å²) < 4.78 is 0. The molecule has 1 amide bonds. The van der Waals surface area contributed by atoms with Crippen LogP contribution in [0, 0.1) is 0 Å². The van der Waals surface area contributed by atoms with Crippen molar-refractivity contribution in [2.75, 3.05) is 0 Å². The Morgan fingerprint density at radius 2 is 1.88 bits per heavy atom. The molecule has 6 heteroatoms. The van der Waals surface area contributed by atoms with Crippen molar-refractivity contribution in [1.82, 2.24) is 5.32 Å². The summed E-state index contributed by atoms with van der Waals surface area (Å²) in [6.45, 7) is 1.31. The zero-order valence-electron chi connectivity index (χ0n) is 9.04. The maximum absolute atomic E-state index is 11.0. The fourth-order valence-electron chi connectivity index (χ4n) is 1.49. The molecule has 0 radical (unpaired) electrons. The molecule has 0 spiro atoms. The Balaban J connectivity index is 3.11. The van der Waals surface area contributed by atoms with Crippen LogP contribution in [0.4, 0.5) is 0 Å². The fourth-order valence-corrected chi connectivity index (χ4v) is 2.15. The van der Waals surface area contributed by atoms with Crippen LogP contribution < -0.4 is 5.32 Å². The van der Waals surface area contributed by atoms with Crippen molar-refractivity contribution in [3.05, 3.63) is 33.8 Å². The summed E-state index contributed by atoms with van der Waals surface area (Å²) in [5, 5.41) is 12.0. The van der Waals surface area contributed by atoms with Crippen LogP contribution in [0.15, 0.2) is 18.2 Å². The minimum atomic E-state index is -1.04. The number of rotatable bonds is 4. The lowest BCUT2D eigenvalue weighted by molar-refractivity contribution is -0.137. The monoisotopic (exact) mass is 275 g/mol. The van der Waals surface area contributed by atoms with Crippen LogP contribution in [0.3, 0.4) is 0 Å². The maximum atomic E-state index is 11.0. The molecule has 92 valence electrons. The van der Waals surface area contributed by atoms with Gasteiger partial charge in [-0.25, -0.2) is 0 Å². The molecular formula is C11H11Cl2NO3. The Morgan fingerprint density at radius 3 is 2.29 bits per heavy atom. The van der Waals surface area contributed by atoms with Gasteiger partial charge in [-0.2, -0.15) is 0 Å². The molecule has 2 N–H and O–H groups in total. The standard InChI is InChI=1S/C11H11Cl2NO3/c1-6(15)14-9(5-10(16)17)11-7(12)3-2-4-8(11)13/h2-4,9H,5H2,1H3,(H,14,15)(H,16,17)/t9-/m1/s1. The molecule has 0 saturated heterocycles. The molecule has 0 aliphatic heterocycles. The van der Waals surface area contributed by atoms with Crippen LogP contribution in [0.1, 0.15) is 24.9 Å². The number of hydrogen-bond donors (Lipinski definition) is 2. The van der Waals surface area contributed by atoms with E-state index < -0.39 is 12.0 Å². The number of halogens is 2. The molecule has 0 heterocycles. The third kappa shape index (κ3) is 3.91. The van der Waals surface area contributed by atoms with Crippen LogP contribution in [-0.4, -0.2) is 17.0 Å². The molecule has 1 aromatic rings. The van der Waals surface area contributed by atoms with Crippen molar-refractivity contribution < 1.29 is 14.7 Å². The molecule has 1 rings (SSSR count). The van der Waals surface area contributed by atoms with Crippen molar-refractivity contribution in [1.29, 1.82) is 0 Å². The van der Waals surface area contributed by atoms with E-state index in [1.807, 2.05) is 0 Å². The predicted molar refractivity (Wildman–Crippen MR) is 65.3 cm³/mol. The number of carbonyl (C=O) groups is 2. The molecule has 4 nitrogen and oxygen atoms in total. The van der Waals surface area contributed by atoms with E-state index >= 15 is 0 Å². The van der Waals surface area contributed by atoms with Crippen molar-refractivity contribution in [3.8, 4) is 0 Å². The van der Waals surface area contributed by atoms with Crippen LogP contribution >= 0.6 is 23.2 Å². The van der Waals surface area contributed by atoms with E-state index in [2.05, 4.69) is 5.32 Å². The zero-order valence-corrected chi connectivity index (χ0v) is 10.5. The highest BCUT2D eigenvalue weighted by Crippen LogP contribution is 2.31. The van der Waals surface area contributed by atoms with Crippen LogP contribution in [0.25, 0.3) is 0 Å². The summed E-state index contributed by atoms with van der Waals surface area (Å²) in [4.78, 5) is 21.8. The highest BCUT2D eigenvalue weighted by Gasteiger charge is 2.21. The fraction of sp³-hybridized carbons (Fsp3) is 0.273. The third-order valence-corrected chi connectivity index (χ3v) is 2.76. The van der Waals surface area contributed by atoms with E-state index in [1.165, 1.54) is 6.92 Å². The van der Waals surface area contributed by atoms with E-state index in [-0.39, 0.29) is 12.3 Å². The smallest absolute Gasteiger partial charge is 0.305 e. The van der Waals surface area contributed by atoms with E-state index in [1.54, 1.807) is 18.2 Å². The molecule has 1 aromatic carbocycles. The van der Waals surface area contributed by atoms with Gasteiger partial charge in [-0.3, -0.25) is 9.59 Å². The second-order valence-electron chi connectivity index (χ2n) is 3.49. The third-order valence-electron chi connectivity index (χ3n) is 2.10. The molecule has 0 aliphatic carbocycles. The first-order chi connectivity index (χ1) is 7.91. The lowest BCUT2D eigenvalue weighted by Gasteiger charge is -2.18. The number of carboxylic acids is 1. The number of carbonyl (C=O) groups excluding carboxylic acids is 1. The first-order valence-electron chi connectivity index (χ1n) is 4.84. The molecule has 0 aromatic heterocycles. The van der Waals surface area contributed by atoms with Gasteiger partial charge in [0.15, 0.2) is 0 Å². The van der Waals surface area contributed by atoms with Gasteiger partial charge in [-0.15, -0.1) is 0 Å². The van der Waals surface area contributed by atoms with Crippen molar-refractivity contribution in [2.45, 2.75) is 19.4 Å². The van der Waals surface area contributed by atoms with E-state index in [0.29, 0.717) is 15.6 Å². The van der Waals surface area contributed by atoms with Crippen LogP contribution in [-0.2, 0) is 9.59 Å². The maximum Gasteiger partial charge on any atom is 0.305 e. The van der Waals surface area contributed by atoms with E-state index in [4.69, 9.17) is 28.3 Å². The molecule has 0 saturated carbocycles. The summed E-state index contributed by atoms with van der Waals surface area (Å²) in [6.07, 6.45) is -0.275. The van der Waals surface area contributed by atoms with Crippen LogP contribution in [0.5, 0.6) is 0 Å². The lowest BCUT2D eigenvalue weighted by atomic mass is 10.0. The SMILES string of the molecule is CC(=O)N[C@H](CC(=O)O)c1c(Cl)cccc1Cl. The van der Waals surface area contributed by atoms with E-state index in [0.717, 1.165) is 0 Å². The summed E-state index contributed by atoms with van der Waals surface area (Å²) in [5.41, 5.74) is 0.424. The average Bonchev–Trinajstić information content (AvgIpc) is 2.14. The minimum Gasteiger partial charge on any atom is -0.481 e. The summed E-state index contributed by atoms with van der Waals surface area (Å²) in [5.74, 6) is -1.38. The quantitative estimate of drug-likeness (QED) is 0.888. The van der Waals surface area contributed by atoms with Gasteiger partial charge in [0, 0.05) is 22.5 Å². The number of aliphatic carboxylic acids is 1. The number of hydrogen-bond acceptors (Lipinski definition) is 2. The van der Waals surface area contributed by atoms with Crippen molar-refractivity contribution in [2.24, 2.45) is 0 Å². The molecule has 1 atom stereocenters. The van der Waals surface area contributed by atoms with Crippen LogP contribution in [0.2, 0.25) is 10.0 Å². The minimum absolute atomic E-state index is 0.275. The second kappa shape index (κ2) is 5.89. The number of amides is 1. The van der Waals surface area contributed by atoms with Gasteiger partial charge in [-0.05, 0) is 12.1 Å². The molecule has 0 fully saturated rings. The molecule has 17 heavy (non-hydrogen) atoms. The largest absolute Gasteiger partial charge is 0.481 e. The number of carboxylic acid groups (broad SMARTS) is 1. The van der Waals surface area contributed by atoms with Gasteiger partial charge >= 0.3 is 5.97 Å². The molecule has 0 unspecified atom stereocenters. The average molecular weight is 276 g/mol. The summed E-state index contributed by atoms with van der Waals surface area (Å²) in [7, 11) is 0. The Kier molecular flexibility index (Phi) is 4.78. The first kappa shape index (κ1) is 13.8. The van der Waals surface area contributed by atoms with Gasteiger partial charge in [0.2, 0.25) is 5.91 Å². The lowest BCUT2D eigenvalue weighted by Crippen LogP contribution is -2.28. The molecular weight excluding hydrogens is 265 g/mol. The van der Waals surface area contributed by atoms with E-state index in [9.17, 15) is 9.59 Å². The second-order valence-corrected chi connectivity index (χ2v) is 4.30. The Bertz CT molecular complexity index is 412. The zero-order chi connectivity index (χ0) is 13.0.